The molecule has 3 heterocycles. The summed E-state index contributed by atoms with van der Waals surface area (Å²) in [7, 11) is 0. The number of fused-ring (bicyclic) bond motifs is 2. The number of ether oxygens (including phenoxy) is 6. The summed E-state index contributed by atoms with van der Waals surface area (Å²) in [5.74, 6) is -0.0380. The highest BCUT2D eigenvalue weighted by molar-refractivity contribution is 5.33. The van der Waals surface area contributed by atoms with Gasteiger partial charge in [-0.2, -0.15) is 0 Å². The highest BCUT2D eigenvalue weighted by Crippen LogP contribution is 2.89. The first-order chi connectivity index (χ1) is 28.8. The summed E-state index contributed by atoms with van der Waals surface area (Å²) in [4.78, 5) is 0. The fraction of sp³-hybridized carbons (Fsp3) is 1.00. The number of rotatable bonds is 11. The van der Waals surface area contributed by atoms with Crippen LogP contribution in [0.25, 0.3) is 0 Å². The Bertz CT molecular complexity index is 1600. The van der Waals surface area contributed by atoms with E-state index in [9.17, 15) is 56.2 Å². The van der Waals surface area contributed by atoms with Crippen molar-refractivity contribution in [3.05, 3.63) is 0 Å². The Hall–Kier alpha value is -0.680. The highest BCUT2D eigenvalue weighted by atomic mass is 16.8. The molecule has 3 aliphatic heterocycles. The number of hydrogen-bond donors (Lipinski definition) is 11. The molecule has 3 saturated heterocycles. The molecular formula is C45H76O17. The van der Waals surface area contributed by atoms with Crippen LogP contribution < -0.4 is 0 Å². The maximum atomic E-state index is 12.1. The molecule has 0 aromatic rings. The summed E-state index contributed by atoms with van der Waals surface area (Å²) in [6, 6.07) is 0. The normalized spacial score (nSPS) is 54.7. The summed E-state index contributed by atoms with van der Waals surface area (Å²) in [5.41, 5.74) is -2.79. The molecule has 5 aliphatic carbocycles. The van der Waals surface area contributed by atoms with Gasteiger partial charge in [-0.05, 0) is 122 Å². The van der Waals surface area contributed by atoms with Crippen LogP contribution in [0.15, 0.2) is 0 Å². The fourth-order valence-electron chi connectivity index (χ4n) is 15.1. The molecule has 3 unspecified atom stereocenters. The van der Waals surface area contributed by atoms with Crippen molar-refractivity contribution in [2.75, 3.05) is 19.8 Å². The van der Waals surface area contributed by atoms with E-state index in [1.807, 2.05) is 0 Å². The minimum atomic E-state index is -1.65. The fourth-order valence-corrected chi connectivity index (χ4v) is 15.1. The van der Waals surface area contributed by atoms with Crippen molar-refractivity contribution in [1.29, 1.82) is 0 Å². The van der Waals surface area contributed by atoms with Crippen LogP contribution in [0.3, 0.4) is 0 Å². The summed E-state index contributed by atoms with van der Waals surface area (Å²) in [6.45, 7) is 13.5. The topological polar surface area (TPSA) is 278 Å². The van der Waals surface area contributed by atoms with Crippen molar-refractivity contribution in [3.63, 3.8) is 0 Å². The number of hydrogen-bond acceptors (Lipinski definition) is 17. The van der Waals surface area contributed by atoms with Gasteiger partial charge < -0.3 is 84.6 Å². The van der Waals surface area contributed by atoms with Crippen molar-refractivity contribution >= 4 is 0 Å². The van der Waals surface area contributed by atoms with Crippen LogP contribution in [0.5, 0.6) is 0 Å². The Morgan fingerprint density at radius 2 is 1.21 bits per heavy atom. The van der Waals surface area contributed by atoms with Crippen LogP contribution in [-0.2, 0) is 28.4 Å². The van der Waals surface area contributed by atoms with Gasteiger partial charge in [0, 0.05) is 0 Å². The zero-order valence-electron chi connectivity index (χ0n) is 37.4. The maximum Gasteiger partial charge on any atom is 0.186 e. The second-order valence-electron chi connectivity index (χ2n) is 22.6. The molecule has 8 fully saturated rings. The average Bonchev–Trinajstić information content (AvgIpc) is 3.80. The van der Waals surface area contributed by atoms with Crippen LogP contribution in [0, 0.1) is 50.7 Å². The molecule has 0 aromatic heterocycles. The van der Waals surface area contributed by atoms with Gasteiger partial charge >= 0.3 is 0 Å². The summed E-state index contributed by atoms with van der Waals surface area (Å²) in [5, 5.41) is 118. The van der Waals surface area contributed by atoms with Gasteiger partial charge in [0.05, 0.1) is 49.8 Å². The maximum absolute atomic E-state index is 12.1. The first kappa shape index (κ1) is 47.8. The third-order valence-corrected chi connectivity index (χ3v) is 18.6. The SMILES string of the molecule is C[C@H](CC[C@H](O)C(C)(C)O)C1[C@@H](O)C[C@@]2(C)C3C[C@H](O[C@@H]4OC[C@@H](O)[C@H](O)[C@H]4O)C4C(C)(C)[C@@H](O[C@@H]5OC[C@@H](O)[C@H](O)[C@H]5O[C@@H]5OC[C@@H](O)[C@@H](O)[C@@H]5O)CC[C@@]45C[C@@]35CC[C@]12C. The summed E-state index contributed by atoms with van der Waals surface area (Å²) < 4.78 is 37.1. The van der Waals surface area contributed by atoms with Crippen LogP contribution >= 0.6 is 0 Å². The Balaban J connectivity index is 1.09. The monoisotopic (exact) mass is 889 g/mol. The Morgan fingerprint density at radius 3 is 1.81 bits per heavy atom. The van der Waals surface area contributed by atoms with Crippen molar-refractivity contribution in [3.8, 4) is 0 Å². The van der Waals surface area contributed by atoms with E-state index in [1.54, 1.807) is 13.8 Å². The van der Waals surface area contributed by atoms with E-state index in [2.05, 4.69) is 34.6 Å². The predicted molar refractivity (Wildman–Crippen MR) is 216 cm³/mol. The van der Waals surface area contributed by atoms with Crippen LogP contribution in [0.2, 0.25) is 0 Å². The third kappa shape index (κ3) is 7.38. The van der Waals surface area contributed by atoms with Crippen molar-refractivity contribution in [2.45, 2.75) is 210 Å². The Morgan fingerprint density at radius 1 is 0.645 bits per heavy atom. The second kappa shape index (κ2) is 16.5. The largest absolute Gasteiger partial charge is 0.393 e. The van der Waals surface area contributed by atoms with E-state index in [0.717, 1.165) is 25.7 Å². The molecule has 8 rings (SSSR count). The molecule has 0 aromatic carbocycles. The second-order valence-corrected chi connectivity index (χ2v) is 22.6. The lowest BCUT2D eigenvalue weighted by Crippen LogP contribution is -2.65. The third-order valence-electron chi connectivity index (χ3n) is 18.6. The highest BCUT2D eigenvalue weighted by Gasteiger charge is 2.84. The van der Waals surface area contributed by atoms with Gasteiger partial charge in [-0.15, -0.1) is 0 Å². The van der Waals surface area contributed by atoms with Crippen molar-refractivity contribution in [2.24, 2.45) is 50.7 Å². The molecule has 0 bridgehead atoms. The molecule has 5 saturated carbocycles. The quantitative estimate of drug-likeness (QED) is 0.119. The summed E-state index contributed by atoms with van der Waals surface area (Å²) in [6.07, 6.45) is -13.1. The van der Waals surface area contributed by atoms with Crippen LogP contribution in [-0.4, -0.2) is 180 Å². The van der Waals surface area contributed by atoms with E-state index in [-0.39, 0.29) is 65.2 Å². The van der Waals surface area contributed by atoms with E-state index in [0.29, 0.717) is 32.1 Å². The molecule has 62 heavy (non-hydrogen) atoms. The number of aliphatic hydroxyl groups excluding tert-OH is 10. The first-order valence-electron chi connectivity index (χ1n) is 23.2. The molecule has 24 atom stereocenters. The van der Waals surface area contributed by atoms with Gasteiger partial charge in [-0.25, -0.2) is 0 Å². The zero-order chi connectivity index (χ0) is 45.3. The minimum absolute atomic E-state index is 0.0423. The van der Waals surface area contributed by atoms with E-state index >= 15 is 0 Å². The van der Waals surface area contributed by atoms with Crippen molar-refractivity contribution in [1.82, 2.24) is 0 Å². The lowest BCUT2D eigenvalue weighted by atomic mass is 9.41. The molecule has 0 radical (unpaired) electrons. The predicted octanol–water partition coefficient (Wildman–Crippen LogP) is -0.334. The zero-order valence-corrected chi connectivity index (χ0v) is 37.4. The van der Waals surface area contributed by atoms with E-state index < -0.39 is 109 Å². The van der Waals surface area contributed by atoms with E-state index in [1.165, 1.54) is 0 Å². The lowest BCUT2D eigenvalue weighted by Gasteiger charge is -2.65. The number of aliphatic hydroxyl groups is 11. The van der Waals surface area contributed by atoms with Gasteiger partial charge in [-0.1, -0.05) is 34.6 Å². The average molecular weight is 889 g/mol. The Kier molecular flexibility index (Phi) is 12.7. The minimum Gasteiger partial charge on any atom is -0.393 e. The van der Waals surface area contributed by atoms with Crippen LogP contribution in [0.4, 0.5) is 0 Å². The van der Waals surface area contributed by atoms with Gasteiger partial charge in [0.15, 0.2) is 18.9 Å². The molecule has 11 N–H and O–H groups in total. The smallest absolute Gasteiger partial charge is 0.186 e. The van der Waals surface area contributed by atoms with Gasteiger partial charge in [-0.3, -0.25) is 0 Å². The summed E-state index contributed by atoms with van der Waals surface area (Å²) >= 11 is 0. The molecule has 8 aliphatic rings. The van der Waals surface area contributed by atoms with Gasteiger partial charge in [0.2, 0.25) is 0 Å². The molecule has 0 amide bonds. The first-order valence-corrected chi connectivity index (χ1v) is 23.2. The molecule has 2 spiro atoms. The molecular weight excluding hydrogens is 812 g/mol. The molecule has 358 valence electrons. The van der Waals surface area contributed by atoms with Gasteiger partial charge in [0.25, 0.3) is 0 Å². The van der Waals surface area contributed by atoms with Crippen molar-refractivity contribution < 1.29 is 84.6 Å². The standard InChI is InChI=1S/C45H76O17/c1-20(8-9-27(50)41(4,5)56)29-21(46)15-43(7)26-14-25(60-37-33(54)30(51)22(47)16-57-37)36-40(2,3)28(10-11-45(36)19-44(26,45)13-12-42(29,43)6)61-39-35(32(53)24(49)18-59-39)62-38-34(55)31(52)23(48)17-58-38/h20-39,46-56H,8-19H2,1-7H3/t20-,21+,22-,23-,24-,25+,26?,27+,28+,29?,30+,31-,32+,33-,34+,35-,36?,37+,38+,39+,42-,43+,44+,45-/m1/s1. The van der Waals surface area contributed by atoms with Crippen LogP contribution in [0.1, 0.15) is 106 Å². The lowest BCUT2D eigenvalue weighted by molar-refractivity contribution is -0.359. The molecule has 17 nitrogen and oxygen atoms in total. The van der Waals surface area contributed by atoms with E-state index in [4.69, 9.17) is 28.4 Å². The Labute approximate surface area is 364 Å². The van der Waals surface area contributed by atoms with Gasteiger partial charge in [0.1, 0.15) is 54.9 Å². The molecule has 17 heteroatoms.